The first-order valence-electron chi connectivity index (χ1n) is 5.43. The molecule has 1 fully saturated rings. The molecule has 0 saturated carbocycles. The molecule has 2 amide bonds. The normalized spacial score (nSPS) is 25.2. The van der Waals surface area contributed by atoms with E-state index in [4.69, 9.17) is 4.74 Å². The van der Waals surface area contributed by atoms with Gasteiger partial charge in [0.15, 0.2) is 0 Å². The summed E-state index contributed by atoms with van der Waals surface area (Å²) in [5.41, 5.74) is -0.576. The van der Waals surface area contributed by atoms with Crippen molar-refractivity contribution in [1.29, 1.82) is 0 Å². The Balaban J connectivity index is 2.37. The van der Waals surface area contributed by atoms with Crippen molar-refractivity contribution >= 4 is 27.7 Å². The van der Waals surface area contributed by atoms with Crippen LogP contribution in [0.2, 0.25) is 0 Å². The van der Waals surface area contributed by atoms with E-state index in [1.54, 1.807) is 0 Å². The Hall–Kier alpha value is -1.40. The number of benzene rings is 1. The second-order valence-electron chi connectivity index (χ2n) is 3.94. The fraction of sp³-hybridized carbons (Fsp3) is 0.333. The molecule has 1 aliphatic heterocycles. The first-order valence-corrected chi connectivity index (χ1v) is 6.35. The fourth-order valence-electron chi connectivity index (χ4n) is 1.88. The van der Waals surface area contributed by atoms with Crippen molar-refractivity contribution < 1.29 is 14.3 Å². The molecule has 0 aliphatic carbocycles. The van der Waals surface area contributed by atoms with Crippen LogP contribution < -0.4 is 10.6 Å². The number of ether oxygens (including phenoxy) is 1. The zero-order valence-corrected chi connectivity index (χ0v) is 11.4. The van der Waals surface area contributed by atoms with Crippen molar-refractivity contribution in [3.05, 3.63) is 35.9 Å². The molecule has 18 heavy (non-hydrogen) atoms. The Morgan fingerprint density at radius 1 is 1.33 bits per heavy atom. The highest BCUT2D eigenvalue weighted by molar-refractivity contribution is 9.09. The molecule has 5 nitrogen and oxygen atoms in total. The standard InChI is InChI=1S/C12H13BrN2O3/c1-18-12(11(17)14-7-9(16)15-12)10(13)8-5-3-2-4-6-8/h2-6,10H,7H2,1H3,(H,14,17)(H,15,16). The van der Waals surface area contributed by atoms with Crippen LogP contribution in [0.15, 0.2) is 30.3 Å². The molecule has 1 aromatic carbocycles. The molecule has 96 valence electrons. The summed E-state index contributed by atoms with van der Waals surface area (Å²) in [5.74, 6) is -0.646. The van der Waals surface area contributed by atoms with Gasteiger partial charge >= 0.3 is 0 Å². The van der Waals surface area contributed by atoms with Crippen LogP contribution in [0.1, 0.15) is 10.4 Å². The maximum Gasteiger partial charge on any atom is 0.275 e. The topological polar surface area (TPSA) is 67.4 Å². The summed E-state index contributed by atoms with van der Waals surface area (Å²) in [7, 11) is 1.39. The summed E-state index contributed by atoms with van der Waals surface area (Å²) in [6, 6.07) is 9.30. The van der Waals surface area contributed by atoms with Gasteiger partial charge in [-0.15, -0.1) is 0 Å². The Morgan fingerprint density at radius 2 is 2.00 bits per heavy atom. The summed E-state index contributed by atoms with van der Waals surface area (Å²) >= 11 is 3.43. The molecule has 1 heterocycles. The molecule has 0 bridgehead atoms. The lowest BCUT2D eigenvalue weighted by atomic mass is 9.99. The lowest BCUT2D eigenvalue weighted by Gasteiger charge is -2.38. The van der Waals surface area contributed by atoms with Crippen LogP contribution in [-0.4, -0.2) is 31.2 Å². The maximum atomic E-state index is 12.0. The molecule has 1 aliphatic rings. The number of alkyl halides is 1. The molecule has 0 spiro atoms. The van der Waals surface area contributed by atoms with Crippen LogP contribution in [0.3, 0.4) is 0 Å². The van der Waals surface area contributed by atoms with E-state index in [0.29, 0.717) is 0 Å². The molecule has 2 rings (SSSR count). The van der Waals surface area contributed by atoms with Gasteiger partial charge in [-0.05, 0) is 5.56 Å². The Labute approximate surface area is 113 Å². The lowest BCUT2D eigenvalue weighted by Crippen LogP contribution is -2.68. The number of rotatable bonds is 3. The Bertz CT molecular complexity index is 466. The summed E-state index contributed by atoms with van der Waals surface area (Å²) < 4.78 is 5.29. The van der Waals surface area contributed by atoms with Gasteiger partial charge in [0.1, 0.15) is 0 Å². The number of piperazine rings is 1. The minimum absolute atomic E-state index is 0.0293. The molecule has 6 heteroatoms. The number of carbonyl (C=O) groups is 2. The smallest absolute Gasteiger partial charge is 0.275 e. The maximum absolute atomic E-state index is 12.0. The highest BCUT2D eigenvalue weighted by Gasteiger charge is 2.49. The second-order valence-corrected chi connectivity index (χ2v) is 4.86. The number of hydrogen-bond acceptors (Lipinski definition) is 3. The van der Waals surface area contributed by atoms with Crippen molar-refractivity contribution in [3.8, 4) is 0 Å². The minimum Gasteiger partial charge on any atom is -0.349 e. The number of amides is 2. The molecule has 2 atom stereocenters. The van der Waals surface area contributed by atoms with E-state index in [1.165, 1.54) is 7.11 Å². The third-order valence-electron chi connectivity index (χ3n) is 2.84. The van der Waals surface area contributed by atoms with Crippen LogP contribution in [0.5, 0.6) is 0 Å². The molecule has 1 aromatic rings. The highest BCUT2D eigenvalue weighted by Crippen LogP contribution is 2.35. The van der Waals surface area contributed by atoms with Gasteiger partial charge in [0, 0.05) is 7.11 Å². The van der Waals surface area contributed by atoms with E-state index in [9.17, 15) is 9.59 Å². The van der Waals surface area contributed by atoms with Crippen LogP contribution in [-0.2, 0) is 14.3 Å². The summed E-state index contributed by atoms with van der Waals surface area (Å²) in [6.07, 6.45) is 0. The third-order valence-corrected chi connectivity index (χ3v) is 4.02. The minimum atomic E-state index is -1.42. The number of hydrogen-bond donors (Lipinski definition) is 2. The highest BCUT2D eigenvalue weighted by atomic mass is 79.9. The predicted octanol–water partition coefficient (Wildman–Crippen LogP) is 0.711. The summed E-state index contributed by atoms with van der Waals surface area (Å²) in [6.45, 7) is -0.0293. The van der Waals surface area contributed by atoms with E-state index in [-0.39, 0.29) is 18.4 Å². The summed E-state index contributed by atoms with van der Waals surface area (Å²) in [4.78, 5) is 23.0. The van der Waals surface area contributed by atoms with Crippen LogP contribution in [0.4, 0.5) is 0 Å². The van der Waals surface area contributed by atoms with Gasteiger partial charge in [0.25, 0.3) is 5.91 Å². The van der Waals surface area contributed by atoms with Gasteiger partial charge < -0.3 is 15.4 Å². The number of nitrogens with one attached hydrogen (secondary N) is 2. The molecule has 2 unspecified atom stereocenters. The second kappa shape index (κ2) is 5.07. The van der Waals surface area contributed by atoms with Crippen molar-refractivity contribution in [3.63, 3.8) is 0 Å². The summed E-state index contributed by atoms with van der Waals surface area (Å²) in [5, 5.41) is 5.13. The molecule has 0 radical (unpaired) electrons. The van der Waals surface area contributed by atoms with Gasteiger partial charge in [0.2, 0.25) is 11.6 Å². The first-order chi connectivity index (χ1) is 8.60. The van der Waals surface area contributed by atoms with Gasteiger partial charge in [-0.2, -0.15) is 0 Å². The monoisotopic (exact) mass is 312 g/mol. The van der Waals surface area contributed by atoms with Gasteiger partial charge in [-0.25, -0.2) is 0 Å². The van der Waals surface area contributed by atoms with E-state index in [0.717, 1.165) is 5.56 Å². The first kappa shape index (κ1) is 13.0. The van der Waals surface area contributed by atoms with Crippen molar-refractivity contribution in [2.45, 2.75) is 10.6 Å². The van der Waals surface area contributed by atoms with Crippen LogP contribution in [0, 0.1) is 0 Å². The van der Waals surface area contributed by atoms with Crippen molar-refractivity contribution in [2.24, 2.45) is 0 Å². The van der Waals surface area contributed by atoms with Gasteiger partial charge in [-0.1, -0.05) is 46.3 Å². The predicted molar refractivity (Wildman–Crippen MR) is 69.0 cm³/mol. The molecule has 1 saturated heterocycles. The van der Waals surface area contributed by atoms with Crippen LogP contribution >= 0.6 is 15.9 Å². The van der Waals surface area contributed by atoms with E-state index < -0.39 is 10.6 Å². The van der Waals surface area contributed by atoms with E-state index in [1.807, 2.05) is 30.3 Å². The van der Waals surface area contributed by atoms with Crippen molar-refractivity contribution in [1.82, 2.24) is 10.6 Å². The molecular formula is C12H13BrN2O3. The zero-order valence-electron chi connectivity index (χ0n) is 9.77. The lowest BCUT2D eigenvalue weighted by molar-refractivity contribution is -0.159. The van der Waals surface area contributed by atoms with Crippen LogP contribution in [0.25, 0.3) is 0 Å². The number of halogens is 1. The van der Waals surface area contributed by atoms with Gasteiger partial charge in [-0.3, -0.25) is 9.59 Å². The van der Waals surface area contributed by atoms with Gasteiger partial charge in [0.05, 0.1) is 11.4 Å². The quantitative estimate of drug-likeness (QED) is 0.808. The zero-order chi connectivity index (χ0) is 13.2. The third kappa shape index (κ3) is 2.13. The molecule has 2 N–H and O–H groups in total. The average molecular weight is 313 g/mol. The van der Waals surface area contributed by atoms with E-state index >= 15 is 0 Å². The fourth-order valence-corrected chi connectivity index (χ4v) is 2.70. The molecular weight excluding hydrogens is 300 g/mol. The largest absolute Gasteiger partial charge is 0.349 e. The van der Waals surface area contributed by atoms with Crippen molar-refractivity contribution in [2.75, 3.05) is 13.7 Å². The SMILES string of the molecule is COC1(C(Br)c2ccccc2)NC(=O)CNC1=O. The number of methoxy groups -OCH3 is 1. The Kier molecular flexibility index (Phi) is 3.68. The Morgan fingerprint density at radius 3 is 2.61 bits per heavy atom. The van der Waals surface area contributed by atoms with E-state index in [2.05, 4.69) is 26.6 Å². The average Bonchev–Trinajstić information content (AvgIpc) is 2.42. The molecule has 0 aromatic heterocycles. The number of carbonyl (C=O) groups excluding carboxylic acids is 2.